The topological polar surface area (TPSA) is 119 Å². The highest BCUT2D eigenvalue weighted by Crippen LogP contribution is 2.17. The first-order valence-corrected chi connectivity index (χ1v) is 10.4. The third kappa shape index (κ3) is 5.50. The van der Waals surface area contributed by atoms with Crippen molar-refractivity contribution < 1.29 is 15.0 Å². The van der Waals surface area contributed by atoms with Crippen LogP contribution >= 0.6 is 11.6 Å². The Morgan fingerprint density at radius 3 is 2.55 bits per heavy atom. The number of aliphatic hydroxyl groups excluding tert-OH is 2. The standard InChI is InChI=1S/C24H20ClN5O3/c25-17-7-8-18-19(14-17)28-24(33)22(27-18)21(20(31)9-6-15-4-2-1-3-5-15)29-30-23(32)16-10-12-26-13-11-16/h1-14,20,24,29,31,33H,(H,30,32). The third-order valence-electron chi connectivity index (χ3n) is 4.78. The highest BCUT2D eigenvalue weighted by atomic mass is 35.5. The highest BCUT2D eigenvalue weighted by molar-refractivity contribution is 6.30. The Bertz CT molecular complexity index is 1330. The maximum Gasteiger partial charge on any atom is 0.269 e. The summed E-state index contributed by atoms with van der Waals surface area (Å²) in [6.07, 6.45) is 3.61. The molecule has 0 fully saturated rings. The fourth-order valence-corrected chi connectivity index (χ4v) is 3.29. The number of rotatable bonds is 6. The number of nitrogens with one attached hydrogen (secondary N) is 2. The van der Waals surface area contributed by atoms with Crippen LogP contribution < -0.4 is 21.6 Å². The van der Waals surface area contributed by atoms with Crippen molar-refractivity contribution in [2.75, 3.05) is 0 Å². The molecule has 0 aliphatic carbocycles. The fraction of sp³-hybridized carbons (Fsp3) is 0.0833. The summed E-state index contributed by atoms with van der Waals surface area (Å²) in [6.45, 7) is 0. The van der Waals surface area contributed by atoms with Gasteiger partial charge in [-0.2, -0.15) is 0 Å². The molecular weight excluding hydrogens is 442 g/mol. The molecule has 3 aromatic rings. The van der Waals surface area contributed by atoms with Gasteiger partial charge in [-0.05, 0) is 42.0 Å². The van der Waals surface area contributed by atoms with Crippen molar-refractivity contribution in [3.63, 3.8) is 0 Å². The molecule has 33 heavy (non-hydrogen) atoms. The van der Waals surface area contributed by atoms with Gasteiger partial charge >= 0.3 is 0 Å². The molecule has 8 nitrogen and oxygen atoms in total. The first-order valence-electron chi connectivity index (χ1n) is 10.0. The molecular formula is C24H20ClN5O3. The number of hydrogen-bond acceptors (Lipinski definition) is 7. The second kappa shape index (κ2) is 10.2. The lowest BCUT2D eigenvalue weighted by atomic mass is 10.1. The Kier molecular flexibility index (Phi) is 6.89. The lowest BCUT2D eigenvalue weighted by molar-refractivity contribution is 0.0932. The van der Waals surface area contributed by atoms with Crippen LogP contribution in [-0.2, 0) is 0 Å². The number of halogens is 1. The number of fused-ring (bicyclic) bond motifs is 1. The van der Waals surface area contributed by atoms with Gasteiger partial charge in [0, 0.05) is 23.0 Å². The molecule has 2 heterocycles. The SMILES string of the molecule is O=C(NNC(=C1N=c2ccc(Cl)cc2=NC1O)C(O)C=Cc1ccccc1)c1ccncc1. The van der Waals surface area contributed by atoms with E-state index in [9.17, 15) is 15.0 Å². The van der Waals surface area contributed by atoms with E-state index in [1.807, 2.05) is 30.3 Å². The van der Waals surface area contributed by atoms with Gasteiger partial charge in [-0.15, -0.1) is 0 Å². The molecule has 1 amide bonds. The van der Waals surface area contributed by atoms with E-state index in [1.54, 1.807) is 36.4 Å². The summed E-state index contributed by atoms with van der Waals surface area (Å²) in [6, 6.07) is 17.4. The molecule has 0 saturated carbocycles. The van der Waals surface area contributed by atoms with Crippen LogP contribution in [0.1, 0.15) is 15.9 Å². The van der Waals surface area contributed by atoms with Gasteiger partial charge in [0.25, 0.3) is 5.91 Å². The predicted octanol–water partition coefficient (Wildman–Crippen LogP) is 1.53. The summed E-state index contributed by atoms with van der Waals surface area (Å²) in [4.78, 5) is 25.1. The monoisotopic (exact) mass is 461 g/mol. The lowest BCUT2D eigenvalue weighted by Gasteiger charge is -2.21. The molecule has 1 aliphatic heterocycles. The first-order chi connectivity index (χ1) is 16.0. The summed E-state index contributed by atoms with van der Waals surface area (Å²) >= 11 is 6.01. The van der Waals surface area contributed by atoms with E-state index >= 15 is 0 Å². The van der Waals surface area contributed by atoms with Gasteiger partial charge in [0.05, 0.1) is 16.4 Å². The van der Waals surface area contributed by atoms with Gasteiger partial charge in [0.2, 0.25) is 0 Å². The minimum absolute atomic E-state index is 0.0602. The van der Waals surface area contributed by atoms with Crippen molar-refractivity contribution in [1.29, 1.82) is 0 Å². The van der Waals surface area contributed by atoms with E-state index in [4.69, 9.17) is 11.6 Å². The summed E-state index contributed by atoms with van der Waals surface area (Å²) in [5.41, 5.74) is 6.60. The number of aromatic nitrogens is 1. The van der Waals surface area contributed by atoms with Crippen LogP contribution in [0.5, 0.6) is 0 Å². The molecule has 0 radical (unpaired) electrons. The van der Waals surface area contributed by atoms with Crippen molar-refractivity contribution in [3.8, 4) is 0 Å². The molecule has 4 rings (SSSR count). The van der Waals surface area contributed by atoms with E-state index in [0.717, 1.165) is 5.56 Å². The Morgan fingerprint density at radius 2 is 1.79 bits per heavy atom. The lowest BCUT2D eigenvalue weighted by Crippen LogP contribution is -2.42. The Balaban J connectivity index is 1.69. The number of nitrogens with zero attached hydrogens (tertiary/aromatic N) is 3. The molecule has 2 aromatic carbocycles. The second-order valence-corrected chi connectivity index (χ2v) is 7.51. The second-order valence-electron chi connectivity index (χ2n) is 7.08. The van der Waals surface area contributed by atoms with Crippen LogP contribution in [0, 0.1) is 0 Å². The summed E-state index contributed by atoms with van der Waals surface area (Å²) < 4.78 is 0. The fourth-order valence-electron chi connectivity index (χ4n) is 3.13. The van der Waals surface area contributed by atoms with Crippen molar-refractivity contribution >= 4 is 23.6 Å². The van der Waals surface area contributed by atoms with Gasteiger partial charge in [-0.1, -0.05) is 48.0 Å². The quantitative estimate of drug-likeness (QED) is 0.415. The molecule has 0 saturated heterocycles. The van der Waals surface area contributed by atoms with Crippen molar-refractivity contribution in [2.45, 2.75) is 12.3 Å². The van der Waals surface area contributed by atoms with Crippen LogP contribution in [-0.4, -0.2) is 33.4 Å². The van der Waals surface area contributed by atoms with Crippen molar-refractivity contribution in [2.24, 2.45) is 9.98 Å². The maximum absolute atomic E-state index is 12.5. The largest absolute Gasteiger partial charge is 0.383 e. The predicted molar refractivity (Wildman–Crippen MR) is 123 cm³/mol. The molecule has 1 aliphatic rings. The van der Waals surface area contributed by atoms with Crippen LogP contribution in [0.25, 0.3) is 6.08 Å². The molecule has 2 unspecified atom stereocenters. The van der Waals surface area contributed by atoms with Crippen molar-refractivity contribution in [3.05, 3.63) is 117 Å². The Labute approximate surface area is 194 Å². The molecule has 1 aromatic heterocycles. The van der Waals surface area contributed by atoms with Crippen LogP contribution in [0.4, 0.5) is 0 Å². The number of amides is 1. The molecule has 0 spiro atoms. The number of hydrazine groups is 1. The highest BCUT2D eigenvalue weighted by Gasteiger charge is 2.23. The number of carbonyl (C=O) groups excluding carboxylic acids is 1. The number of carbonyl (C=O) groups is 1. The van der Waals surface area contributed by atoms with Crippen LogP contribution in [0.2, 0.25) is 5.02 Å². The average molecular weight is 462 g/mol. The van der Waals surface area contributed by atoms with Crippen LogP contribution in [0.15, 0.2) is 101 Å². The molecule has 166 valence electrons. The Morgan fingerprint density at radius 1 is 1.03 bits per heavy atom. The minimum Gasteiger partial charge on any atom is -0.383 e. The van der Waals surface area contributed by atoms with Gasteiger partial charge < -0.3 is 10.2 Å². The molecule has 9 heteroatoms. The number of hydrogen-bond donors (Lipinski definition) is 4. The zero-order valence-electron chi connectivity index (χ0n) is 17.3. The normalized spacial score (nSPS) is 17.4. The van der Waals surface area contributed by atoms with Gasteiger partial charge in [0.1, 0.15) is 11.8 Å². The Hall–Kier alpha value is -3.85. The van der Waals surface area contributed by atoms with E-state index < -0.39 is 18.2 Å². The molecule has 0 bridgehead atoms. The van der Waals surface area contributed by atoms with E-state index in [0.29, 0.717) is 21.3 Å². The van der Waals surface area contributed by atoms with Crippen LogP contribution in [0.3, 0.4) is 0 Å². The summed E-state index contributed by atoms with van der Waals surface area (Å²) in [7, 11) is 0. The van der Waals surface area contributed by atoms with E-state index in [2.05, 4.69) is 25.8 Å². The average Bonchev–Trinajstić information content (AvgIpc) is 2.84. The maximum atomic E-state index is 12.5. The van der Waals surface area contributed by atoms with E-state index in [-0.39, 0.29) is 11.4 Å². The molecule has 2 atom stereocenters. The minimum atomic E-state index is -1.38. The summed E-state index contributed by atoms with van der Waals surface area (Å²) in [5, 5.41) is 22.9. The first kappa shape index (κ1) is 22.3. The van der Waals surface area contributed by atoms with E-state index in [1.165, 1.54) is 18.5 Å². The zero-order chi connectivity index (χ0) is 23.2. The number of aliphatic hydroxyl groups is 2. The zero-order valence-corrected chi connectivity index (χ0v) is 18.0. The molecule has 4 N–H and O–H groups in total. The summed E-state index contributed by atoms with van der Waals surface area (Å²) in [5.74, 6) is -0.454. The number of benzene rings is 2. The van der Waals surface area contributed by atoms with Gasteiger partial charge in [-0.3, -0.25) is 20.6 Å². The van der Waals surface area contributed by atoms with Gasteiger partial charge in [0.15, 0.2) is 6.23 Å². The number of pyridine rings is 1. The van der Waals surface area contributed by atoms with Crippen molar-refractivity contribution in [1.82, 2.24) is 15.8 Å². The third-order valence-corrected chi connectivity index (χ3v) is 5.01. The smallest absolute Gasteiger partial charge is 0.269 e. The van der Waals surface area contributed by atoms with Gasteiger partial charge in [-0.25, -0.2) is 9.98 Å².